The van der Waals surface area contributed by atoms with Crippen molar-refractivity contribution in [2.24, 2.45) is 17.3 Å². The molecule has 0 aliphatic heterocycles. The van der Waals surface area contributed by atoms with Crippen LogP contribution >= 0.6 is 0 Å². The molecule has 0 spiro atoms. The number of ketones is 1. The SMILES string of the molecule is C=C[C@H](CCC(=O)C(C)(C)O)C1=CCC2/C(=C/C=C3\C[C@@H](O)C[C@H](O)C3=C)CCC[C@]12C. The number of aliphatic hydroxyl groups is 3. The predicted molar refractivity (Wildman–Crippen MR) is 129 cm³/mol. The smallest absolute Gasteiger partial charge is 0.163 e. The molecule has 0 bridgehead atoms. The third-order valence-electron chi connectivity index (χ3n) is 7.92. The van der Waals surface area contributed by atoms with Gasteiger partial charge in [0.05, 0.1) is 12.2 Å². The molecule has 1 unspecified atom stereocenters. The van der Waals surface area contributed by atoms with Crippen molar-refractivity contribution in [1.29, 1.82) is 0 Å². The molecule has 3 aliphatic carbocycles. The summed E-state index contributed by atoms with van der Waals surface area (Å²) in [6.07, 6.45) is 13.6. The largest absolute Gasteiger partial charge is 0.393 e. The number of carbonyl (C=O) groups is 1. The van der Waals surface area contributed by atoms with Crippen LogP contribution in [0.4, 0.5) is 0 Å². The van der Waals surface area contributed by atoms with Gasteiger partial charge in [-0.15, -0.1) is 6.58 Å². The van der Waals surface area contributed by atoms with Gasteiger partial charge in [-0.2, -0.15) is 0 Å². The van der Waals surface area contributed by atoms with E-state index in [-0.39, 0.29) is 17.1 Å². The lowest BCUT2D eigenvalue weighted by molar-refractivity contribution is -0.134. The minimum Gasteiger partial charge on any atom is -0.393 e. The maximum atomic E-state index is 12.3. The summed E-state index contributed by atoms with van der Waals surface area (Å²) in [5.41, 5.74) is 3.21. The van der Waals surface area contributed by atoms with E-state index in [4.69, 9.17) is 0 Å². The van der Waals surface area contributed by atoms with Crippen molar-refractivity contribution in [1.82, 2.24) is 0 Å². The third kappa shape index (κ3) is 5.08. The molecule has 2 saturated carbocycles. The Balaban J connectivity index is 1.77. The Morgan fingerprint density at radius 1 is 1.34 bits per heavy atom. The quantitative estimate of drug-likeness (QED) is 0.489. The van der Waals surface area contributed by atoms with Crippen LogP contribution in [0.3, 0.4) is 0 Å². The average Bonchev–Trinajstić information content (AvgIpc) is 3.07. The van der Waals surface area contributed by atoms with Gasteiger partial charge in [-0.25, -0.2) is 0 Å². The summed E-state index contributed by atoms with van der Waals surface area (Å²) in [5.74, 6) is 0.428. The predicted octanol–water partition coefficient (Wildman–Crippen LogP) is 4.97. The van der Waals surface area contributed by atoms with Gasteiger partial charge in [-0.3, -0.25) is 4.79 Å². The normalized spacial score (nSPS) is 34.4. The van der Waals surface area contributed by atoms with Gasteiger partial charge < -0.3 is 15.3 Å². The molecule has 3 aliphatic rings. The summed E-state index contributed by atoms with van der Waals surface area (Å²) in [7, 11) is 0. The summed E-state index contributed by atoms with van der Waals surface area (Å²) in [6.45, 7) is 13.5. The Kier molecular flexibility index (Phi) is 7.48. The van der Waals surface area contributed by atoms with Crippen molar-refractivity contribution in [2.75, 3.05) is 0 Å². The van der Waals surface area contributed by atoms with E-state index in [1.807, 2.05) is 6.08 Å². The van der Waals surface area contributed by atoms with Gasteiger partial charge >= 0.3 is 0 Å². The van der Waals surface area contributed by atoms with Gasteiger partial charge in [-0.05, 0) is 80.8 Å². The number of hydrogen-bond donors (Lipinski definition) is 3. The number of allylic oxidation sites excluding steroid dienone is 6. The first-order valence-corrected chi connectivity index (χ1v) is 12.0. The Morgan fingerprint density at radius 2 is 2.06 bits per heavy atom. The van der Waals surface area contributed by atoms with Crippen LogP contribution in [0.15, 0.2) is 59.8 Å². The van der Waals surface area contributed by atoms with E-state index in [1.165, 1.54) is 11.1 Å². The molecule has 0 aromatic heterocycles. The second kappa shape index (κ2) is 9.62. The van der Waals surface area contributed by atoms with Gasteiger partial charge in [0.25, 0.3) is 0 Å². The summed E-state index contributed by atoms with van der Waals surface area (Å²) < 4.78 is 0. The van der Waals surface area contributed by atoms with Crippen LogP contribution in [0.5, 0.6) is 0 Å². The van der Waals surface area contributed by atoms with Crippen LogP contribution in [0.25, 0.3) is 0 Å². The number of rotatable bonds is 7. The van der Waals surface area contributed by atoms with Crippen LogP contribution < -0.4 is 0 Å². The van der Waals surface area contributed by atoms with E-state index in [1.54, 1.807) is 13.8 Å². The fourth-order valence-corrected chi connectivity index (χ4v) is 5.88. The summed E-state index contributed by atoms with van der Waals surface area (Å²) >= 11 is 0. The van der Waals surface area contributed by atoms with Gasteiger partial charge in [0.15, 0.2) is 5.78 Å². The van der Waals surface area contributed by atoms with E-state index in [9.17, 15) is 20.1 Å². The molecule has 3 N–H and O–H groups in total. The van der Waals surface area contributed by atoms with Crippen LogP contribution in [0.1, 0.15) is 72.1 Å². The number of hydrogen-bond acceptors (Lipinski definition) is 4. The fourth-order valence-electron chi connectivity index (χ4n) is 5.88. The highest BCUT2D eigenvalue weighted by molar-refractivity contribution is 5.86. The average molecular weight is 441 g/mol. The zero-order valence-corrected chi connectivity index (χ0v) is 19.9. The summed E-state index contributed by atoms with van der Waals surface area (Å²) in [5, 5.41) is 30.2. The number of carbonyl (C=O) groups excluding carboxylic acids is 1. The third-order valence-corrected chi connectivity index (χ3v) is 7.92. The highest BCUT2D eigenvalue weighted by atomic mass is 16.3. The van der Waals surface area contributed by atoms with Crippen LogP contribution in [-0.2, 0) is 4.79 Å². The van der Waals surface area contributed by atoms with Crippen LogP contribution in [0, 0.1) is 17.3 Å². The number of fused-ring (bicyclic) bond motifs is 1. The van der Waals surface area contributed by atoms with Gasteiger partial charge in [0.1, 0.15) is 5.60 Å². The minimum absolute atomic E-state index is 0.0435. The molecule has 0 heterocycles. The number of aliphatic hydroxyl groups excluding tert-OH is 2. The number of Topliss-reactive ketones (excluding diaryl/α,β-unsaturated/α-hetero) is 1. The summed E-state index contributed by atoms with van der Waals surface area (Å²) in [6, 6.07) is 0. The molecule has 0 aromatic rings. The molecule has 176 valence electrons. The molecule has 0 saturated heterocycles. The van der Waals surface area contributed by atoms with Crippen molar-refractivity contribution in [3.05, 3.63) is 59.8 Å². The van der Waals surface area contributed by atoms with E-state index < -0.39 is 17.8 Å². The highest BCUT2D eigenvalue weighted by Gasteiger charge is 2.46. The first kappa shape index (κ1) is 24.9. The van der Waals surface area contributed by atoms with Gasteiger partial charge in [0, 0.05) is 12.8 Å². The van der Waals surface area contributed by atoms with Gasteiger partial charge in [-0.1, -0.05) is 49.0 Å². The molecule has 32 heavy (non-hydrogen) atoms. The monoisotopic (exact) mass is 440 g/mol. The zero-order chi connectivity index (χ0) is 23.7. The Hall–Kier alpha value is -1.75. The van der Waals surface area contributed by atoms with E-state index in [0.717, 1.165) is 36.8 Å². The second-order valence-electron chi connectivity index (χ2n) is 10.7. The van der Waals surface area contributed by atoms with E-state index >= 15 is 0 Å². The van der Waals surface area contributed by atoms with Crippen molar-refractivity contribution in [3.8, 4) is 0 Å². The van der Waals surface area contributed by atoms with Crippen LogP contribution in [-0.4, -0.2) is 38.9 Å². The van der Waals surface area contributed by atoms with Crippen molar-refractivity contribution < 1.29 is 20.1 Å². The van der Waals surface area contributed by atoms with Crippen molar-refractivity contribution >= 4 is 5.78 Å². The van der Waals surface area contributed by atoms with Crippen LogP contribution in [0.2, 0.25) is 0 Å². The van der Waals surface area contributed by atoms with Crippen molar-refractivity contribution in [2.45, 2.75) is 89.9 Å². The molecule has 0 radical (unpaired) electrons. The molecular formula is C28H40O4. The lowest BCUT2D eigenvalue weighted by atomic mass is 9.62. The molecule has 2 fully saturated rings. The first-order valence-electron chi connectivity index (χ1n) is 12.0. The molecule has 4 nitrogen and oxygen atoms in total. The molecule has 4 heteroatoms. The zero-order valence-electron chi connectivity index (χ0n) is 19.9. The summed E-state index contributed by atoms with van der Waals surface area (Å²) in [4.78, 5) is 12.3. The standard InChI is InChI=1S/C28H40O4/c1-6-19(11-14-26(31)27(3,4)32)23-12-13-24-20(8-7-15-28(23,24)5)9-10-21-16-22(29)17-25(30)18(21)2/h6,9-10,12,19,22,24-25,29-30,32H,1-2,7-8,11,13-17H2,3-5H3/b20-9+,21-10+/t19-,22-,24?,25+,28-/m1/s1. The first-order chi connectivity index (χ1) is 15.0. The molecule has 0 aromatic carbocycles. The maximum Gasteiger partial charge on any atom is 0.163 e. The Bertz CT molecular complexity index is 853. The highest BCUT2D eigenvalue weighted by Crippen LogP contribution is 2.57. The Labute approximate surface area is 193 Å². The Morgan fingerprint density at radius 3 is 2.72 bits per heavy atom. The maximum absolute atomic E-state index is 12.3. The molecule has 3 rings (SSSR count). The second-order valence-corrected chi connectivity index (χ2v) is 10.7. The molecular weight excluding hydrogens is 400 g/mol. The van der Waals surface area contributed by atoms with E-state index in [2.05, 4.69) is 38.3 Å². The van der Waals surface area contributed by atoms with E-state index in [0.29, 0.717) is 31.6 Å². The minimum atomic E-state index is -1.29. The molecule has 5 atom stereocenters. The topological polar surface area (TPSA) is 77.8 Å². The molecule has 0 amide bonds. The lowest BCUT2D eigenvalue weighted by Gasteiger charge is -2.42. The van der Waals surface area contributed by atoms with Gasteiger partial charge in [0.2, 0.25) is 0 Å². The van der Waals surface area contributed by atoms with Crippen molar-refractivity contribution in [3.63, 3.8) is 0 Å². The fraction of sp³-hybridized carbons (Fsp3) is 0.607. The lowest BCUT2D eigenvalue weighted by Crippen LogP contribution is -2.34.